The fourth-order valence-corrected chi connectivity index (χ4v) is 10.7. The summed E-state index contributed by atoms with van der Waals surface area (Å²) in [5, 5.41) is 11.9. The van der Waals surface area contributed by atoms with Crippen molar-refractivity contribution in [2.45, 2.75) is 0 Å². The van der Waals surface area contributed by atoms with E-state index in [4.69, 9.17) is 4.42 Å². The summed E-state index contributed by atoms with van der Waals surface area (Å²) >= 11 is 0. The molecule has 0 unspecified atom stereocenters. The monoisotopic (exact) mass is 841 g/mol. The largest absolute Gasteiger partial charge is 0.456 e. The Morgan fingerprint density at radius 1 is 0.288 bits per heavy atom. The van der Waals surface area contributed by atoms with E-state index in [1.807, 2.05) is 6.07 Å². The van der Waals surface area contributed by atoms with Gasteiger partial charge in [-0.05, 0) is 82.6 Å². The number of hydrogen-bond acceptors (Lipinski definition) is 2. The lowest BCUT2D eigenvalue weighted by Gasteiger charge is -2.27. The second-order valence-corrected chi connectivity index (χ2v) is 17.3. The first-order chi connectivity index (χ1) is 32.7. The van der Waals surface area contributed by atoms with Crippen molar-refractivity contribution in [1.29, 1.82) is 0 Å². The molecule has 0 radical (unpaired) electrons. The molecule has 308 valence electrons. The molecule has 0 aliphatic rings. The maximum atomic E-state index is 6.60. The van der Waals surface area contributed by atoms with Gasteiger partial charge in [0.25, 0.3) is 0 Å². The van der Waals surface area contributed by atoms with Gasteiger partial charge in [-0.3, -0.25) is 0 Å². The predicted octanol–water partition coefficient (Wildman–Crippen LogP) is 17.2. The molecule has 66 heavy (non-hydrogen) atoms. The molecular formula is C62H39N3O. The van der Waals surface area contributed by atoms with Crippen molar-refractivity contribution >= 4 is 104 Å². The van der Waals surface area contributed by atoms with Gasteiger partial charge < -0.3 is 18.5 Å². The van der Waals surface area contributed by atoms with Gasteiger partial charge in [0, 0.05) is 60.5 Å². The molecule has 0 N–H and O–H groups in total. The number of hydrogen-bond donors (Lipinski definition) is 0. The number of nitrogens with zero attached hydrogens (tertiary/aromatic N) is 3. The molecule has 0 fully saturated rings. The Kier molecular flexibility index (Phi) is 7.95. The summed E-state index contributed by atoms with van der Waals surface area (Å²) in [4.78, 5) is 2.40. The van der Waals surface area contributed by atoms with Crippen LogP contribution in [-0.4, -0.2) is 9.13 Å². The third-order valence-electron chi connectivity index (χ3n) is 13.6. The first kappa shape index (κ1) is 36.6. The van der Waals surface area contributed by atoms with Gasteiger partial charge in [-0.15, -0.1) is 0 Å². The molecule has 0 aliphatic heterocycles. The van der Waals surface area contributed by atoms with E-state index in [1.54, 1.807) is 0 Å². The quantitative estimate of drug-likeness (QED) is 0.167. The van der Waals surface area contributed by atoms with Crippen LogP contribution < -0.4 is 4.90 Å². The first-order valence-corrected chi connectivity index (χ1v) is 22.6. The molecule has 3 aromatic heterocycles. The molecule has 0 atom stereocenters. The highest BCUT2D eigenvalue weighted by Gasteiger charge is 2.23. The molecular weight excluding hydrogens is 803 g/mol. The van der Waals surface area contributed by atoms with Crippen LogP contribution in [0, 0.1) is 0 Å². The van der Waals surface area contributed by atoms with Crippen molar-refractivity contribution in [2.75, 3.05) is 4.90 Å². The maximum Gasteiger partial charge on any atom is 0.137 e. The van der Waals surface area contributed by atoms with E-state index in [1.165, 1.54) is 59.7 Å². The number of benzene rings is 11. The molecule has 11 aromatic carbocycles. The van der Waals surface area contributed by atoms with Gasteiger partial charge in [0.05, 0.1) is 39.1 Å². The third-order valence-corrected chi connectivity index (χ3v) is 13.6. The summed E-state index contributed by atoms with van der Waals surface area (Å²) in [5.41, 5.74) is 13.9. The van der Waals surface area contributed by atoms with Gasteiger partial charge in [0.15, 0.2) is 0 Å². The van der Waals surface area contributed by atoms with Crippen LogP contribution in [0.15, 0.2) is 241 Å². The second kappa shape index (κ2) is 14.3. The molecule has 3 heterocycles. The van der Waals surface area contributed by atoms with Crippen LogP contribution in [0.3, 0.4) is 0 Å². The Morgan fingerprint density at radius 3 is 1.42 bits per heavy atom. The lowest BCUT2D eigenvalue weighted by Crippen LogP contribution is -2.12. The molecule has 0 saturated heterocycles. The highest BCUT2D eigenvalue weighted by molar-refractivity contribution is 6.24. The summed E-state index contributed by atoms with van der Waals surface area (Å²) in [7, 11) is 0. The van der Waals surface area contributed by atoms with Crippen molar-refractivity contribution in [3.63, 3.8) is 0 Å². The molecule has 0 aliphatic carbocycles. The van der Waals surface area contributed by atoms with Crippen LogP contribution in [0.1, 0.15) is 0 Å². The Morgan fingerprint density at radius 2 is 0.773 bits per heavy atom. The molecule has 0 spiro atoms. The van der Waals surface area contributed by atoms with Gasteiger partial charge in [0.2, 0.25) is 0 Å². The van der Waals surface area contributed by atoms with E-state index in [0.29, 0.717) is 0 Å². The topological polar surface area (TPSA) is 26.2 Å². The van der Waals surface area contributed by atoms with E-state index >= 15 is 0 Å². The fourth-order valence-electron chi connectivity index (χ4n) is 10.7. The molecule has 14 aromatic rings. The van der Waals surface area contributed by atoms with Gasteiger partial charge in [-0.25, -0.2) is 0 Å². The fraction of sp³-hybridized carbons (Fsp3) is 0. The number of para-hydroxylation sites is 3. The number of fused-ring (bicyclic) bond motifs is 13. The number of rotatable bonds is 6. The van der Waals surface area contributed by atoms with Gasteiger partial charge >= 0.3 is 0 Å². The highest BCUT2D eigenvalue weighted by Crippen LogP contribution is 2.45. The van der Waals surface area contributed by atoms with Crippen LogP contribution in [-0.2, 0) is 0 Å². The minimum atomic E-state index is 0.846. The van der Waals surface area contributed by atoms with Crippen LogP contribution in [0.5, 0.6) is 0 Å². The van der Waals surface area contributed by atoms with E-state index < -0.39 is 0 Å². The third kappa shape index (κ3) is 5.52. The number of aromatic nitrogens is 2. The van der Waals surface area contributed by atoms with Crippen LogP contribution in [0.2, 0.25) is 0 Å². The van der Waals surface area contributed by atoms with Crippen LogP contribution in [0.25, 0.3) is 110 Å². The number of anilines is 3. The lowest BCUT2D eigenvalue weighted by molar-refractivity contribution is 0.669. The molecule has 0 bridgehead atoms. The first-order valence-electron chi connectivity index (χ1n) is 22.6. The molecule has 0 amide bonds. The Balaban J connectivity index is 1.12. The van der Waals surface area contributed by atoms with E-state index in [0.717, 1.165) is 67.0 Å². The van der Waals surface area contributed by atoms with Crippen molar-refractivity contribution in [1.82, 2.24) is 9.13 Å². The lowest BCUT2D eigenvalue weighted by atomic mass is 10.0. The second-order valence-electron chi connectivity index (χ2n) is 17.3. The van der Waals surface area contributed by atoms with E-state index in [9.17, 15) is 0 Å². The van der Waals surface area contributed by atoms with Crippen LogP contribution >= 0.6 is 0 Å². The maximum absolute atomic E-state index is 6.60. The predicted molar refractivity (Wildman–Crippen MR) is 278 cm³/mol. The smallest absolute Gasteiger partial charge is 0.137 e. The average molecular weight is 842 g/mol. The van der Waals surface area contributed by atoms with Crippen LogP contribution in [0.4, 0.5) is 17.1 Å². The van der Waals surface area contributed by atoms with Crippen molar-refractivity contribution in [2.24, 2.45) is 0 Å². The van der Waals surface area contributed by atoms with E-state index in [-0.39, 0.29) is 0 Å². The summed E-state index contributed by atoms with van der Waals surface area (Å²) in [6, 6.07) is 86.0. The molecule has 14 rings (SSSR count). The number of furan rings is 1. The van der Waals surface area contributed by atoms with Gasteiger partial charge in [-0.1, -0.05) is 170 Å². The SMILES string of the molecule is c1ccc(-c2ccc(N(c3cc(-n4c5ccccc5c5ccccc54)cc(-n4c5c6ccccc6ccc5c5ccc6ccccc6c54)c3)c3ccc4c(c3)oc3ccccc34)cc2)cc1. The standard InChI is InChI=1S/C62H39N3O/c1-2-14-40(15-3-1)41-26-30-44(31-27-41)63(45-32-35-54-53-22-10-13-25-59(53)66-60(54)39-45)46-36-47(64-57-23-11-8-20-51(57)52-21-9-12-24-58(52)64)38-48(37-46)65-61-49-18-6-4-16-42(49)28-33-55(61)56-34-29-43-17-5-7-19-50(43)62(56)65/h1-39H. The van der Waals surface area contributed by atoms with Gasteiger partial charge in [-0.2, -0.15) is 0 Å². The normalized spacial score (nSPS) is 11.9. The van der Waals surface area contributed by atoms with E-state index in [2.05, 4.69) is 245 Å². The Bertz CT molecular complexity index is 4080. The minimum Gasteiger partial charge on any atom is -0.456 e. The van der Waals surface area contributed by atoms with Gasteiger partial charge in [0.1, 0.15) is 11.2 Å². The zero-order valence-electron chi connectivity index (χ0n) is 35.8. The average Bonchev–Trinajstić information content (AvgIpc) is 4.05. The Labute approximate surface area is 380 Å². The summed E-state index contributed by atoms with van der Waals surface area (Å²) in [6.45, 7) is 0. The molecule has 4 heteroatoms. The molecule has 4 nitrogen and oxygen atoms in total. The molecule has 0 saturated carbocycles. The Hall–Kier alpha value is -8.86. The van der Waals surface area contributed by atoms with Crippen molar-refractivity contribution in [3.05, 3.63) is 237 Å². The van der Waals surface area contributed by atoms with Crippen molar-refractivity contribution in [3.8, 4) is 22.5 Å². The summed E-state index contributed by atoms with van der Waals surface area (Å²) in [5.74, 6) is 0. The van der Waals surface area contributed by atoms with Crippen molar-refractivity contribution < 1.29 is 4.42 Å². The zero-order chi connectivity index (χ0) is 43.3. The minimum absolute atomic E-state index is 0.846. The zero-order valence-corrected chi connectivity index (χ0v) is 35.8. The summed E-state index contributed by atoms with van der Waals surface area (Å²) in [6.07, 6.45) is 0. The highest BCUT2D eigenvalue weighted by atomic mass is 16.3. The summed E-state index contributed by atoms with van der Waals surface area (Å²) < 4.78 is 11.6.